The van der Waals surface area contributed by atoms with Gasteiger partial charge in [-0.2, -0.15) is 0 Å². The van der Waals surface area contributed by atoms with Gasteiger partial charge in [0.25, 0.3) is 0 Å². The van der Waals surface area contributed by atoms with Crippen LogP contribution in [0.25, 0.3) is 0 Å². The first kappa shape index (κ1) is 52.4. The van der Waals surface area contributed by atoms with E-state index in [1.807, 2.05) is 0 Å². The maximum Gasteiger partial charge on any atom is 0.472 e. The van der Waals surface area contributed by atoms with Crippen molar-refractivity contribution in [3.8, 4) is 0 Å². The Morgan fingerprint density at radius 3 is 1.25 bits per heavy atom. The van der Waals surface area contributed by atoms with Crippen molar-refractivity contribution in [3.05, 3.63) is 0 Å². The molecule has 0 saturated heterocycles. The van der Waals surface area contributed by atoms with Gasteiger partial charge in [0, 0.05) is 6.42 Å². The van der Waals surface area contributed by atoms with E-state index in [-0.39, 0.29) is 12.3 Å². The molecule has 0 radical (unpaired) electrons. The normalized spacial score (nSPS) is 23.7. The fourth-order valence-corrected chi connectivity index (χ4v) is 8.40. The third-order valence-corrected chi connectivity index (χ3v) is 12.2. The van der Waals surface area contributed by atoms with Crippen LogP contribution in [-0.2, 0) is 18.4 Å². The van der Waals surface area contributed by atoms with Gasteiger partial charge in [0.05, 0.1) is 18.8 Å². The maximum atomic E-state index is 12.9. The third-order valence-electron chi connectivity index (χ3n) is 11.2. The standard InChI is InChI=1S/C42H84NO11P/c1-3-5-7-9-11-13-15-17-18-20-22-24-26-28-30-32-36(45)43-34(35(44)31-29-27-25-23-21-19-16-14-12-10-8-6-4-2)33-53-55(51,52)54-42-40(49)38(47)37(46)39(48)41(42)50/h34-35,37-42,44,46-50H,3-33H2,1-2H3,(H,43,45)(H,51,52)/t34-,35+,37?,38-,39+,40+,41+,42?/m0/s1. The van der Waals surface area contributed by atoms with E-state index in [2.05, 4.69) is 19.2 Å². The van der Waals surface area contributed by atoms with Crippen LogP contribution in [0.4, 0.5) is 0 Å². The summed E-state index contributed by atoms with van der Waals surface area (Å²) in [7, 11) is -5.05. The van der Waals surface area contributed by atoms with Crippen molar-refractivity contribution >= 4 is 13.7 Å². The van der Waals surface area contributed by atoms with Gasteiger partial charge in [0.15, 0.2) is 0 Å². The highest BCUT2D eigenvalue weighted by atomic mass is 31.2. The Balaban J connectivity index is 2.48. The number of hydrogen-bond donors (Lipinski definition) is 8. The van der Waals surface area contributed by atoms with Crippen LogP contribution >= 0.6 is 7.82 Å². The average Bonchev–Trinajstić information content (AvgIpc) is 3.16. The highest BCUT2D eigenvalue weighted by molar-refractivity contribution is 7.47. The minimum Gasteiger partial charge on any atom is -0.391 e. The molecule has 0 aromatic heterocycles. The Morgan fingerprint density at radius 2 is 0.873 bits per heavy atom. The largest absolute Gasteiger partial charge is 0.472 e. The third kappa shape index (κ3) is 25.4. The van der Waals surface area contributed by atoms with Gasteiger partial charge in [-0.25, -0.2) is 4.57 Å². The molecule has 12 nitrogen and oxygen atoms in total. The zero-order chi connectivity index (χ0) is 40.7. The molecule has 3 unspecified atom stereocenters. The van der Waals surface area contributed by atoms with E-state index in [0.29, 0.717) is 19.3 Å². The maximum absolute atomic E-state index is 12.9. The Hall–Kier alpha value is -0.660. The molecule has 1 rings (SSSR count). The fourth-order valence-electron chi connectivity index (χ4n) is 7.44. The summed E-state index contributed by atoms with van der Waals surface area (Å²) in [6.45, 7) is 3.88. The lowest BCUT2D eigenvalue weighted by Gasteiger charge is -2.41. The van der Waals surface area contributed by atoms with Gasteiger partial charge in [-0.05, 0) is 12.8 Å². The predicted molar refractivity (Wildman–Crippen MR) is 218 cm³/mol. The topological polar surface area (TPSA) is 206 Å². The Morgan fingerprint density at radius 1 is 0.545 bits per heavy atom. The van der Waals surface area contributed by atoms with Crippen molar-refractivity contribution < 1.29 is 53.9 Å². The lowest BCUT2D eigenvalue weighted by atomic mass is 9.85. The molecule has 0 heterocycles. The molecule has 0 aromatic carbocycles. The summed E-state index contributed by atoms with van der Waals surface area (Å²) in [6, 6.07) is -1.02. The molecular weight excluding hydrogens is 725 g/mol. The summed E-state index contributed by atoms with van der Waals surface area (Å²) in [5.41, 5.74) is 0. The number of unbranched alkanes of at least 4 members (excludes halogenated alkanes) is 26. The minimum absolute atomic E-state index is 0.242. The first-order chi connectivity index (χ1) is 26.4. The van der Waals surface area contributed by atoms with Crippen molar-refractivity contribution in [2.75, 3.05) is 6.61 Å². The van der Waals surface area contributed by atoms with Gasteiger partial charge in [-0.15, -0.1) is 0 Å². The molecule has 1 saturated carbocycles. The van der Waals surface area contributed by atoms with Crippen LogP contribution in [-0.4, -0.2) is 96.8 Å². The number of rotatable bonds is 37. The second-order valence-corrected chi connectivity index (χ2v) is 17.7. The van der Waals surface area contributed by atoms with Crippen molar-refractivity contribution in [2.45, 2.75) is 255 Å². The van der Waals surface area contributed by atoms with Crippen LogP contribution in [0.15, 0.2) is 0 Å². The van der Waals surface area contributed by atoms with Crippen LogP contribution in [0, 0.1) is 0 Å². The summed E-state index contributed by atoms with van der Waals surface area (Å²) in [5.74, 6) is -0.306. The Bertz CT molecular complexity index is 946. The zero-order valence-corrected chi connectivity index (χ0v) is 35.6. The number of phosphoric acid groups is 1. The van der Waals surface area contributed by atoms with Crippen molar-refractivity contribution in [1.29, 1.82) is 0 Å². The van der Waals surface area contributed by atoms with Crippen molar-refractivity contribution in [2.24, 2.45) is 0 Å². The fraction of sp³-hybridized carbons (Fsp3) is 0.976. The molecule has 1 amide bonds. The zero-order valence-electron chi connectivity index (χ0n) is 34.7. The second-order valence-electron chi connectivity index (χ2n) is 16.3. The first-order valence-electron chi connectivity index (χ1n) is 22.5. The van der Waals surface area contributed by atoms with Gasteiger partial charge in [0.2, 0.25) is 5.91 Å². The van der Waals surface area contributed by atoms with Crippen LogP contribution in [0.1, 0.15) is 206 Å². The van der Waals surface area contributed by atoms with E-state index in [1.165, 1.54) is 128 Å². The molecule has 1 aliphatic rings. The number of hydrogen-bond acceptors (Lipinski definition) is 10. The molecule has 1 aliphatic carbocycles. The number of amides is 1. The molecule has 0 aliphatic heterocycles. The molecular formula is C42H84NO11P. The monoisotopic (exact) mass is 810 g/mol. The lowest BCUT2D eigenvalue weighted by Crippen LogP contribution is -2.64. The van der Waals surface area contributed by atoms with Gasteiger partial charge >= 0.3 is 7.82 Å². The summed E-state index contributed by atoms with van der Waals surface area (Å²) in [4.78, 5) is 23.4. The smallest absolute Gasteiger partial charge is 0.391 e. The average molecular weight is 810 g/mol. The number of nitrogens with one attached hydrogen (secondary N) is 1. The van der Waals surface area contributed by atoms with E-state index in [9.17, 15) is 44.9 Å². The second kappa shape index (κ2) is 33.2. The van der Waals surface area contributed by atoms with Crippen molar-refractivity contribution in [3.63, 3.8) is 0 Å². The molecule has 0 aromatic rings. The molecule has 55 heavy (non-hydrogen) atoms. The lowest BCUT2D eigenvalue weighted by molar-refractivity contribution is -0.220. The first-order valence-corrected chi connectivity index (χ1v) is 24.0. The molecule has 8 N–H and O–H groups in total. The van der Waals surface area contributed by atoms with E-state index >= 15 is 0 Å². The van der Waals surface area contributed by atoms with Gasteiger partial charge < -0.3 is 40.8 Å². The minimum atomic E-state index is -5.05. The summed E-state index contributed by atoms with van der Waals surface area (Å²) < 4.78 is 22.9. The summed E-state index contributed by atoms with van der Waals surface area (Å²) in [5, 5.41) is 64.0. The molecule has 328 valence electrons. The number of aliphatic hydroxyl groups excluding tert-OH is 6. The van der Waals surface area contributed by atoms with E-state index in [4.69, 9.17) is 9.05 Å². The predicted octanol–water partition coefficient (Wildman–Crippen LogP) is 7.90. The van der Waals surface area contributed by atoms with Crippen LogP contribution in [0.3, 0.4) is 0 Å². The van der Waals surface area contributed by atoms with Gasteiger partial charge in [-0.3, -0.25) is 13.8 Å². The number of carbonyl (C=O) groups is 1. The molecule has 0 bridgehead atoms. The molecule has 13 heteroatoms. The number of carbonyl (C=O) groups excluding carboxylic acids is 1. The SMILES string of the molecule is CCCCCCCCCCCCCCCCCC(=O)N[C@@H](COP(=O)(O)OC1[C@H](O)[C@H](O)C(O)[C@H](O)[C@H]1O)[C@H](O)CCCCCCCCCCCCCCC. The van der Waals surface area contributed by atoms with Gasteiger partial charge in [0.1, 0.15) is 36.6 Å². The molecule has 9 atom stereocenters. The van der Waals surface area contributed by atoms with Gasteiger partial charge in [-0.1, -0.05) is 187 Å². The van der Waals surface area contributed by atoms with Crippen LogP contribution in [0.5, 0.6) is 0 Å². The Kier molecular flexibility index (Phi) is 31.6. The molecule has 0 spiro atoms. The van der Waals surface area contributed by atoms with Crippen LogP contribution in [0.2, 0.25) is 0 Å². The number of aliphatic hydroxyl groups is 6. The quantitative estimate of drug-likeness (QED) is 0.0224. The summed E-state index contributed by atoms with van der Waals surface area (Å²) in [6.07, 6.45) is 21.3. The van der Waals surface area contributed by atoms with Crippen LogP contribution < -0.4 is 5.32 Å². The Labute approximate surface area is 334 Å². The van der Waals surface area contributed by atoms with E-state index in [0.717, 1.165) is 38.5 Å². The van der Waals surface area contributed by atoms with E-state index < -0.39 is 63.2 Å². The van der Waals surface area contributed by atoms with Crippen molar-refractivity contribution in [1.82, 2.24) is 5.32 Å². The highest BCUT2D eigenvalue weighted by Gasteiger charge is 2.51. The number of phosphoric ester groups is 1. The molecule has 1 fully saturated rings. The summed E-state index contributed by atoms with van der Waals surface area (Å²) >= 11 is 0. The highest BCUT2D eigenvalue weighted by Crippen LogP contribution is 2.47. The van der Waals surface area contributed by atoms with E-state index in [1.54, 1.807) is 0 Å².